The number of nitrogens with zero attached hydrogens (tertiary/aromatic N) is 2. The minimum Gasteiger partial charge on any atom is -0.511 e. The molecule has 0 bridgehead atoms. The normalized spacial score (nSPS) is 13.5. The first-order valence-electron chi connectivity index (χ1n) is 5.73. The fourth-order valence-electron chi connectivity index (χ4n) is 1.26. The lowest BCUT2D eigenvalue weighted by Gasteiger charge is -2.01. The van der Waals surface area contributed by atoms with Crippen LogP contribution in [0.25, 0.3) is 0 Å². The van der Waals surface area contributed by atoms with Crippen LogP contribution in [0.3, 0.4) is 0 Å². The van der Waals surface area contributed by atoms with Gasteiger partial charge < -0.3 is 10.2 Å². The summed E-state index contributed by atoms with van der Waals surface area (Å²) in [6, 6.07) is 0. The van der Waals surface area contributed by atoms with Crippen LogP contribution in [0.2, 0.25) is 0 Å². The second-order valence-corrected chi connectivity index (χ2v) is 7.47. The van der Waals surface area contributed by atoms with E-state index in [4.69, 9.17) is 0 Å². The van der Waals surface area contributed by atoms with Crippen LogP contribution in [-0.2, 0) is 9.59 Å². The summed E-state index contributed by atoms with van der Waals surface area (Å²) in [7, 11) is 0. The van der Waals surface area contributed by atoms with E-state index in [0.29, 0.717) is 8.68 Å². The van der Waals surface area contributed by atoms with Gasteiger partial charge in [0.25, 0.3) is 0 Å². The van der Waals surface area contributed by atoms with Crippen LogP contribution in [0, 0.1) is 0 Å². The number of hydrogen-bond donors (Lipinski definition) is 2. The summed E-state index contributed by atoms with van der Waals surface area (Å²) in [5, 5.41) is 26.7. The van der Waals surface area contributed by atoms with Crippen LogP contribution >= 0.6 is 34.9 Å². The van der Waals surface area contributed by atoms with Gasteiger partial charge in [-0.2, -0.15) is 0 Å². The number of aliphatic hydroxyl groups is 2. The maximum Gasteiger partial charge on any atom is 0.180 e. The van der Waals surface area contributed by atoms with Gasteiger partial charge in [-0.15, -0.1) is 10.2 Å². The first kappa shape index (κ1) is 17.7. The minimum absolute atomic E-state index is 0.0765. The SMILES string of the molecule is CC(=O)/C(Sc1nnc(S/C(C(C)=O)=C(\C)O)s1)=C(\C)O. The Hall–Kier alpha value is -1.32. The molecule has 0 aliphatic rings. The smallest absolute Gasteiger partial charge is 0.180 e. The zero-order valence-electron chi connectivity index (χ0n) is 11.8. The number of aromatic nitrogens is 2. The first-order valence-corrected chi connectivity index (χ1v) is 8.18. The van der Waals surface area contributed by atoms with E-state index in [1.165, 1.54) is 39.0 Å². The van der Waals surface area contributed by atoms with Crippen LogP contribution in [0.4, 0.5) is 0 Å². The Morgan fingerprint density at radius 2 is 1.19 bits per heavy atom. The summed E-state index contributed by atoms with van der Waals surface area (Å²) in [5.41, 5.74) is 0. The molecule has 0 saturated heterocycles. The highest BCUT2D eigenvalue weighted by molar-refractivity contribution is 8.07. The minimum atomic E-state index is -0.264. The second kappa shape index (κ2) is 7.62. The van der Waals surface area contributed by atoms with Gasteiger partial charge in [-0.3, -0.25) is 9.59 Å². The van der Waals surface area contributed by atoms with Crippen LogP contribution < -0.4 is 0 Å². The van der Waals surface area contributed by atoms with E-state index in [-0.39, 0.29) is 32.9 Å². The van der Waals surface area contributed by atoms with Crippen molar-refractivity contribution in [3.8, 4) is 0 Å². The average molecular weight is 346 g/mol. The summed E-state index contributed by atoms with van der Waals surface area (Å²) >= 11 is 3.20. The fraction of sp³-hybridized carbons (Fsp3) is 0.333. The van der Waals surface area contributed by atoms with Crippen LogP contribution in [-0.4, -0.2) is 32.0 Å². The molecule has 21 heavy (non-hydrogen) atoms. The number of Topliss-reactive ketones (excluding diaryl/α,β-unsaturated/α-hetero) is 2. The molecule has 0 aromatic carbocycles. The Balaban J connectivity index is 2.93. The molecule has 1 aromatic heterocycles. The highest BCUT2D eigenvalue weighted by Crippen LogP contribution is 2.37. The predicted molar refractivity (Wildman–Crippen MR) is 83.6 cm³/mol. The van der Waals surface area contributed by atoms with Crippen molar-refractivity contribution in [3.63, 3.8) is 0 Å². The maximum absolute atomic E-state index is 11.4. The second-order valence-electron chi connectivity index (χ2n) is 3.98. The van der Waals surface area contributed by atoms with E-state index in [0.717, 1.165) is 23.5 Å². The number of rotatable bonds is 6. The number of allylic oxidation sites excluding steroid dienone is 4. The highest BCUT2D eigenvalue weighted by atomic mass is 32.2. The van der Waals surface area contributed by atoms with Gasteiger partial charge >= 0.3 is 0 Å². The van der Waals surface area contributed by atoms with E-state index in [9.17, 15) is 19.8 Å². The molecule has 0 aliphatic carbocycles. The molecule has 0 amide bonds. The van der Waals surface area contributed by atoms with Crippen LogP contribution in [0.1, 0.15) is 27.7 Å². The number of hydrogen-bond acceptors (Lipinski definition) is 9. The molecule has 1 aromatic rings. The van der Waals surface area contributed by atoms with Crippen molar-refractivity contribution in [2.75, 3.05) is 0 Å². The fourth-order valence-corrected chi connectivity index (χ4v) is 4.13. The third-order valence-corrected chi connectivity index (χ3v) is 5.66. The number of thioether (sulfide) groups is 2. The van der Waals surface area contributed by atoms with Gasteiger partial charge in [0.2, 0.25) is 0 Å². The zero-order chi connectivity index (χ0) is 16.2. The molecule has 0 aliphatic heterocycles. The van der Waals surface area contributed by atoms with Gasteiger partial charge in [0.15, 0.2) is 20.2 Å². The van der Waals surface area contributed by atoms with Crippen molar-refractivity contribution >= 4 is 46.4 Å². The third-order valence-electron chi connectivity index (χ3n) is 2.06. The molecule has 0 spiro atoms. The molecule has 114 valence electrons. The maximum atomic E-state index is 11.4. The molecular formula is C12H14N2O4S3. The summed E-state index contributed by atoms with van der Waals surface area (Å²) in [6.07, 6.45) is 0. The largest absolute Gasteiger partial charge is 0.511 e. The molecule has 0 atom stereocenters. The Kier molecular flexibility index (Phi) is 6.43. The Bertz CT molecular complexity index is 574. The van der Waals surface area contributed by atoms with E-state index in [1.54, 1.807) is 0 Å². The lowest BCUT2D eigenvalue weighted by Crippen LogP contribution is -1.95. The number of carbonyl (C=O) groups is 2. The van der Waals surface area contributed by atoms with Crippen LogP contribution in [0.15, 0.2) is 30.0 Å². The van der Waals surface area contributed by atoms with Crippen LogP contribution in [0.5, 0.6) is 0 Å². The van der Waals surface area contributed by atoms with E-state index < -0.39 is 0 Å². The van der Waals surface area contributed by atoms with Gasteiger partial charge in [-0.05, 0) is 51.2 Å². The molecule has 0 saturated carbocycles. The predicted octanol–water partition coefficient (Wildman–Crippen LogP) is 3.48. The standard InChI is InChI=1S/C12H14N2O4S3/c1-5(15)9(6(2)16)19-11-13-14-12(21-11)20-10(7(3)17)8(4)18/h15,17H,1-4H3/b9-5-,10-7+. The lowest BCUT2D eigenvalue weighted by atomic mass is 10.4. The van der Waals surface area contributed by atoms with Crippen molar-refractivity contribution in [2.24, 2.45) is 0 Å². The van der Waals surface area contributed by atoms with E-state index in [1.807, 2.05) is 0 Å². The first-order chi connectivity index (χ1) is 9.72. The van der Waals surface area contributed by atoms with Gasteiger partial charge in [0.1, 0.15) is 11.5 Å². The number of carbonyl (C=O) groups excluding carboxylic acids is 2. The Morgan fingerprint density at radius 1 is 0.857 bits per heavy atom. The molecule has 2 N–H and O–H groups in total. The van der Waals surface area contributed by atoms with E-state index in [2.05, 4.69) is 10.2 Å². The molecule has 1 rings (SSSR count). The molecule has 0 fully saturated rings. The quantitative estimate of drug-likeness (QED) is 0.459. The van der Waals surface area contributed by atoms with Gasteiger partial charge in [0, 0.05) is 0 Å². The zero-order valence-corrected chi connectivity index (χ0v) is 14.3. The highest BCUT2D eigenvalue weighted by Gasteiger charge is 2.17. The monoisotopic (exact) mass is 346 g/mol. The topological polar surface area (TPSA) is 100 Å². The summed E-state index contributed by atoms with van der Waals surface area (Å²) in [5.74, 6) is -0.681. The molecule has 0 unspecified atom stereocenters. The number of aliphatic hydroxyl groups excluding tert-OH is 2. The van der Waals surface area contributed by atoms with Crippen molar-refractivity contribution in [1.82, 2.24) is 10.2 Å². The van der Waals surface area contributed by atoms with E-state index >= 15 is 0 Å². The third kappa shape index (κ3) is 5.18. The summed E-state index contributed by atoms with van der Waals surface area (Å²) < 4.78 is 0.934. The average Bonchev–Trinajstić information content (AvgIpc) is 2.79. The van der Waals surface area contributed by atoms with Gasteiger partial charge in [0.05, 0.1) is 9.81 Å². The molecule has 6 nitrogen and oxygen atoms in total. The summed E-state index contributed by atoms with van der Waals surface area (Å²) in [6.45, 7) is 5.55. The Labute approximate surface area is 134 Å². The van der Waals surface area contributed by atoms with Gasteiger partial charge in [-0.25, -0.2) is 0 Å². The molecule has 0 radical (unpaired) electrons. The molecular weight excluding hydrogens is 332 g/mol. The summed E-state index contributed by atoms with van der Waals surface area (Å²) in [4.78, 5) is 23.2. The lowest BCUT2D eigenvalue weighted by molar-refractivity contribution is -0.114. The number of ketones is 2. The molecule has 9 heteroatoms. The van der Waals surface area contributed by atoms with Crippen molar-refractivity contribution in [2.45, 2.75) is 36.4 Å². The van der Waals surface area contributed by atoms with Crippen molar-refractivity contribution in [3.05, 3.63) is 21.3 Å². The van der Waals surface area contributed by atoms with Gasteiger partial charge in [-0.1, -0.05) is 11.3 Å². The Morgan fingerprint density at radius 3 is 1.43 bits per heavy atom. The van der Waals surface area contributed by atoms with Crippen molar-refractivity contribution in [1.29, 1.82) is 0 Å². The molecule has 1 heterocycles. The van der Waals surface area contributed by atoms with Crippen molar-refractivity contribution < 1.29 is 19.8 Å².